The molecule has 1 heterocycles. The van der Waals surface area contributed by atoms with Crippen LogP contribution in [0.15, 0.2) is 0 Å². The summed E-state index contributed by atoms with van der Waals surface area (Å²) >= 11 is 0. The number of fused-ring (bicyclic) bond motifs is 1. The molecule has 3 atom stereocenters. The van der Waals surface area contributed by atoms with Gasteiger partial charge >= 0.3 is 5.97 Å². The average Bonchev–Trinajstić information content (AvgIpc) is 2.68. The van der Waals surface area contributed by atoms with Crippen LogP contribution in [0.3, 0.4) is 0 Å². The summed E-state index contributed by atoms with van der Waals surface area (Å²) in [4.78, 5) is 26.3. The molecule has 0 aromatic carbocycles. The van der Waals surface area contributed by atoms with Crippen LogP contribution in [0, 0.1) is 21.7 Å². The van der Waals surface area contributed by atoms with Gasteiger partial charge in [0.05, 0.1) is 6.04 Å². The number of nitrogens with zero attached hydrogens (tertiary/aromatic N) is 1. The number of carboxylic acid groups (broad SMARTS) is 1. The number of carbonyl (C=O) groups is 2. The Balaban J connectivity index is 1.90. The van der Waals surface area contributed by atoms with E-state index in [1.165, 1.54) is 19.3 Å². The van der Waals surface area contributed by atoms with Crippen LogP contribution < -0.4 is 5.73 Å². The average molecular weight is 322 g/mol. The number of hydrogen-bond donors (Lipinski definition) is 2. The van der Waals surface area contributed by atoms with Gasteiger partial charge in [0.15, 0.2) is 0 Å². The highest BCUT2D eigenvalue weighted by Gasteiger charge is 2.85. The molecule has 3 N–H and O–H groups in total. The van der Waals surface area contributed by atoms with Gasteiger partial charge in [-0.25, -0.2) is 4.79 Å². The Morgan fingerprint density at radius 3 is 2.13 bits per heavy atom. The summed E-state index contributed by atoms with van der Waals surface area (Å²) in [5.41, 5.74) is 6.10. The molecule has 5 nitrogen and oxygen atoms in total. The second kappa shape index (κ2) is 4.50. The maximum absolute atomic E-state index is 12.9. The van der Waals surface area contributed by atoms with Gasteiger partial charge in [-0.1, -0.05) is 41.0 Å². The van der Waals surface area contributed by atoms with Crippen LogP contribution in [-0.2, 0) is 9.59 Å². The number of carboxylic acids is 1. The minimum atomic E-state index is -0.895. The minimum Gasteiger partial charge on any atom is -0.480 e. The number of aliphatic carboxylic acids is 1. The van der Waals surface area contributed by atoms with Crippen molar-refractivity contribution < 1.29 is 14.7 Å². The zero-order valence-corrected chi connectivity index (χ0v) is 15.0. The molecule has 3 fully saturated rings. The molecule has 0 aromatic rings. The van der Waals surface area contributed by atoms with Crippen LogP contribution in [-0.4, -0.2) is 40.5 Å². The van der Waals surface area contributed by atoms with Gasteiger partial charge in [0.2, 0.25) is 5.91 Å². The molecule has 5 heteroatoms. The SMILES string of the molecule is CC(C)(C)[C@H](N)C(=O)N1C[C@]2(C[C@H]1C(=O)O)C(C)(C)C21CCC1. The highest BCUT2D eigenvalue weighted by Crippen LogP contribution is 2.88. The van der Waals surface area contributed by atoms with E-state index in [-0.39, 0.29) is 27.6 Å². The van der Waals surface area contributed by atoms with Crippen LogP contribution in [0.2, 0.25) is 0 Å². The van der Waals surface area contributed by atoms with Crippen LogP contribution in [0.1, 0.15) is 60.3 Å². The summed E-state index contributed by atoms with van der Waals surface area (Å²) in [5.74, 6) is -1.10. The molecule has 1 amide bonds. The standard InChI is InChI=1S/C18H30N2O3/c1-15(2,3)12(19)13(21)20-10-18(9-11(20)14(22)23)16(4,5)17(18)7-6-8-17/h11-12H,6-10,19H2,1-5H3,(H,22,23)/t11-,12+,18+/m0/s1. The van der Waals surface area contributed by atoms with Gasteiger partial charge in [-0.15, -0.1) is 0 Å². The maximum atomic E-state index is 12.9. The molecule has 2 aliphatic carbocycles. The highest BCUT2D eigenvalue weighted by molar-refractivity contribution is 5.88. The van der Waals surface area contributed by atoms with E-state index in [0.717, 1.165) is 0 Å². The van der Waals surface area contributed by atoms with Crippen molar-refractivity contribution in [1.82, 2.24) is 4.90 Å². The van der Waals surface area contributed by atoms with Crippen LogP contribution >= 0.6 is 0 Å². The Kier molecular flexibility index (Phi) is 3.27. The third kappa shape index (κ3) is 1.83. The Hall–Kier alpha value is -1.10. The number of hydrogen-bond acceptors (Lipinski definition) is 3. The fraction of sp³-hybridized carbons (Fsp3) is 0.889. The molecule has 1 aliphatic heterocycles. The predicted molar refractivity (Wildman–Crippen MR) is 87.7 cm³/mol. The van der Waals surface area contributed by atoms with Crippen molar-refractivity contribution in [2.24, 2.45) is 27.4 Å². The number of carbonyl (C=O) groups excluding carboxylic acids is 1. The van der Waals surface area contributed by atoms with Gasteiger partial charge < -0.3 is 15.7 Å². The molecule has 2 spiro atoms. The van der Waals surface area contributed by atoms with Crippen LogP contribution in [0.4, 0.5) is 0 Å². The minimum absolute atomic E-state index is 0.0332. The van der Waals surface area contributed by atoms with Crippen molar-refractivity contribution in [3.05, 3.63) is 0 Å². The first-order valence-electron chi connectivity index (χ1n) is 8.70. The van der Waals surface area contributed by atoms with E-state index in [2.05, 4.69) is 13.8 Å². The second-order valence-corrected chi connectivity index (χ2v) is 9.51. The Bertz CT molecular complexity index is 559. The molecule has 2 saturated carbocycles. The zero-order valence-electron chi connectivity index (χ0n) is 15.0. The van der Waals surface area contributed by atoms with Crippen molar-refractivity contribution in [3.63, 3.8) is 0 Å². The van der Waals surface area contributed by atoms with E-state index in [4.69, 9.17) is 5.73 Å². The van der Waals surface area contributed by atoms with Crippen molar-refractivity contribution in [1.29, 1.82) is 0 Å². The highest BCUT2D eigenvalue weighted by atomic mass is 16.4. The lowest BCUT2D eigenvalue weighted by Crippen LogP contribution is -2.53. The smallest absolute Gasteiger partial charge is 0.326 e. The van der Waals surface area contributed by atoms with Crippen molar-refractivity contribution in [2.75, 3.05) is 6.54 Å². The predicted octanol–water partition coefficient (Wildman–Crippen LogP) is 2.24. The van der Waals surface area contributed by atoms with E-state index in [9.17, 15) is 14.7 Å². The van der Waals surface area contributed by atoms with Gasteiger partial charge in [-0.2, -0.15) is 0 Å². The summed E-state index contributed by atoms with van der Waals surface area (Å²) in [6.45, 7) is 10.8. The van der Waals surface area contributed by atoms with Crippen molar-refractivity contribution in [3.8, 4) is 0 Å². The fourth-order valence-electron chi connectivity index (χ4n) is 5.60. The molecule has 0 unspecified atom stereocenters. The molecule has 130 valence electrons. The third-order valence-corrected chi connectivity index (χ3v) is 7.58. The summed E-state index contributed by atoms with van der Waals surface area (Å²) in [5, 5.41) is 9.67. The van der Waals surface area contributed by atoms with Crippen LogP contribution in [0.5, 0.6) is 0 Å². The molecule has 0 aromatic heterocycles. The van der Waals surface area contributed by atoms with Crippen molar-refractivity contribution >= 4 is 11.9 Å². The molecule has 0 bridgehead atoms. The summed E-state index contributed by atoms with van der Waals surface area (Å²) < 4.78 is 0. The van der Waals surface area contributed by atoms with Gasteiger partial charge in [-0.3, -0.25) is 4.79 Å². The fourth-order valence-corrected chi connectivity index (χ4v) is 5.60. The lowest BCUT2D eigenvalue weighted by atomic mass is 9.73. The molecule has 3 rings (SSSR count). The van der Waals surface area contributed by atoms with Gasteiger partial charge in [0.25, 0.3) is 0 Å². The first-order chi connectivity index (χ1) is 10.4. The normalized spacial score (nSPS) is 35.2. The van der Waals surface area contributed by atoms with Gasteiger partial charge in [0, 0.05) is 12.0 Å². The Labute approximate surface area is 138 Å². The molecule has 0 radical (unpaired) electrons. The van der Waals surface area contributed by atoms with E-state index in [1.54, 1.807) is 4.90 Å². The lowest BCUT2D eigenvalue weighted by Gasteiger charge is -2.33. The van der Waals surface area contributed by atoms with E-state index in [0.29, 0.717) is 13.0 Å². The van der Waals surface area contributed by atoms with E-state index in [1.807, 2.05) is 20.8 Å². The quantitative estimate of drug-likeness (QED) is 0.816. The molecule has 3 aliphatic rings. The Morgan fingerprint density at radius 1 is 1.22 bits per heavy atom. The number of amides is 1. The van der Waals surface area contributed by atoms with E-state index >= 15 is 0 Å². The molecular formula is C18H30N2O3. The lowest BCUT2D eigenvalue weighted by molar-refractivity contribution is -0.149. The maximum Gasteiger partial charge on any atom is 0.326 e. The summed E-state index contributed by atoms with van der Waals surface area (Å²) in [6.07, 6.45) is 4.13. The molecule has 1 saturated heterocycles. The second-order valence-electron chi connectivity index (χ2n) is 9.51. The third-order valence-electron chi connectivity index (χ3n) is 7.58. The van der Waals surface area contributed by atoms with Gasteiger partial charge in [0.1, 0.15) is 6.04 Å². The monoisotopic (exact) mass is 322 g/mol. The first-order valence-corrected chi connectivity index (χ1v) is 8.70. The number of rotatable bonds is 2. The van der Waals surface area contributed by atoms with Crippen LogP contribution in [0.25, 0.3) is 0 Å². The summed E-state index contributed by atoms with van der Waals surface area (Å²) in [6, 6.07) is -1.39. The van der Waals surface area contributed by atoms with Crippen molar-refractivity contribution in [2.45, 2.75) is 72.4 Å². The molecular weight excluding hydrogens is 292 g/mol. The number of nitrogens with two attached hydrogens (primary N) is 1. The number of likely N-dealkylation sites (tertiary alicyclic amines) is 1. The molecule has 23 heavy (non-hydrogen) atoms. The zero-order chi connectivity index (χ0) is 17.4. The largest absolute Gasteiger partial charge is 0.480 e. The summed E-state index contributed by atoms with van der Waals surface area (Å²) in [7, 11) is 0. The van der Waals surface area contributed by atoms with Gasteiger partial charge in [-0.05, 0) is 35.5 Å². The Morgan fingerprint density at radius 2 is 1.78 bits per heavy atom. The topological polar surface area (TPSA) is 83.6 Å². The first kappa shape index (κ1) is 16.7. The van der Waals surface area contributed by atoms with E-state index < -0.39 is 18.1 Å².